The normalized spacial score (nSPS) is 13.0. The largest absolute Gasteiger partial charge is 0.466 e. The monoisotopic (exact) mass is 404 g/mol. The molecular weight excluding hydrogens is 380 g/mol. The summed E-state index contributed by atoms with van der Waals surface area (Å²) >= 11 is 0. The van der Waals surface area contributed by atoms with E-state index in [0.717, 1.165) is 47.1 Å². The number of methoxy groups -OCH3 is 1. The highest BCUT2D eigenvalue weighted by atomic mass is 16.5. The van der Waals surface area contributed by atoms with Crippen molar-refractivity contribution in [1.29, 1.82) is 5.26 Å². The first-order valence-electron chi connectivity index (χ1n) is 9.79. The maximum absolute atomic E-state index is 12.0. The maximum atomic E-state index is 12.0. The molecule has 0 bridgehead atoms. The van der Waals surface area contributed by atoms with Gasteiger partial charge in [-0.1, -0.05) is 24.3 Å². The fourth-order valence-corrected chi connectivity index (χ4v) is 3.53. The molecule has 1 aliphatic rings. The Morgan fingerprint density at radius 3 is 2.67 bits per heavy atom. The van der Waals surface area contributed by atoms with Crippen LogP contribution < -0.4 is 10.6 Å². The van der Waals surface area contributed by atoms with E-state index in [4.69, 9.17) is 10.00 Å². The van der Waals surface area contributed by atoms with Crippen LogP contribution in [0, 0.1) is 18.3 Å². The van der Waals surface area contributed by atoms with E-state index in [9.17, 15) is 9.59 Å². The SMILES string of the molecule is COC(=O)C1=C(c2ccc(CNc3nccc(C)c3NC(=O)CC#N)cc2)CCC1. The molecule has 1 amide bonds. The molecule has 0 fully saturated rings. The molecule has 1 aliphatic carbocycles. The van der Waals surface area contributed by atoms with Gasteiger partial charge in [-0.05, 0) is 54.5 Å². The number of aryl methyl sites for hydroxylation is 1. The minimum absolute atomic E-state index is 0.210. The van der Waals surface area contributed by atoms with Crippen molar-refractivity contribution in [3.05, 3.63) is 58.8 Å². The summed E-state index contributed by atoms with van der Waals surface area (Å²) in [5.41, 5.74) is 5.34. The van der Waals surface area contributed by atoms with Crippen molar-refractivity contribution in [2.45, 2.75) is 39.2 Å². The number of esters is 1. The lowest BCUT2D eigenvalue weighted by molar-refractivity contribution is -0.136. The smallest absolute Gasteiger partial charge is 0.334 e. The maximum Gasteiger partial charge on any atom is 0.334 e. The number of aromatic nitrogens is 1. The number of hydrogen-bond acceptors (Lipinski definition) is 6. The van der Waals surface area contributed by atoms with Crippen molar-refractivity contribution in [2.24, 2.45) is 0 Å². The van der Waals surface area contributed by atoms with Crippen LogP contribution in [0.1, 0.15) is 42.4 Å². The molecule has 0 unspecified atom stereocenters. The van der Waals surface area contributed by atoms with Crippen LogP contribution in [0.4, 0.5) is 11.5 Å². The second-order valence-corrected chi connectivity index (χ2v) is 7.09. The molecule has 154 valence electrons. The Labute approximate surface area is 175 Å². The van der Waals surface area contributed by atoms with E-state index in [-0.39, 0.29) is 18.3 Å². The third-order valence-electron chi connectivity index (χ3n) is 5.08. The number of nitrogens with zero attached hydrogens (tertiary/aromatic N) is 2. The Kier molecular flexibility index (Phi) is 6.81. The van der Waals surface area contributed by atoms with Crippen molar-refractivity contribution >= 4 is 29.0 Å². The van der Waals surface area contributed by atoms with Crippen LogP contribution in [-0.2, 0) is 20.9 Å². The third kappa shape index (κ3) is 4.84. The predicted octanol–water partition coefficient (Wildman–Crippen LogP) is 3.96. The van der Waals surface area contributed by atoms with E-state index >= 15 is 0 Å². The highest BCUT2D eigenvalue weighted by Gasteiger charge is 2.22. The second-order valence-electron chi connectivity index (χ2n) is 7.09. The van der Waals surface area contributed by atoms with Gasteiger partial charge >= 0.3 is 5.97 Å². The standard InChI is InChI=1S/C23H24N4O3/c1-15-11-13-25-22(21(15)27-20(28)10-12-24)26-14-16-6-8-17(9-7-16)18-4-3-5-19(18)23(29)30-2/h6-9,11,13H,3-5,10,14H2,1-2H3,(H,25,26)(H,27,28). The van der Waals surface area contributed by atoms with Crippen molar-refractivity contribution in [3.63, 3.8) is 0 Å². The van der Waals surface area contributed by atoms with Gasteiger partial charge in [-0.2, -0.15) is 5.26 Å². The summed E-state index contributed by atoms with van der Waals surface area (Å²) in [6.07, 6.45) is 4.05. The van der Waals surface area contributed by atoms with Crippen LogP contribution in [0.3, 0.4) is 0 Å². The average Bonchev–Trinajstić information content (AvgIpc) is 3.24. The summed E-state index contributed by atoms with van der Waals surface area (Å²) < 4.78 is 4.90. The number of nitrogens with one attached hydrogen (secondary N) is 2. The highest BCUT2D eigenvalue weighted by Crippen LogP contribution is 2.34. The first kappa shape index (κ1) is 21.1. The van der Waals surface area contributed by atoms with Gasteiger partial charge in [-0.15, -0.1) is 0 Å². The van der Waals surface area contributed by atoms with Crippen molar-refractivity contribution < 1.29 is 14.3 Å². The molecule has 0 aliphatic heterocycles. The fourth-order valence-electron chi connectivity index (χ4n) is 3.53. The molecule has 1 aromatic heterocycles. The Balaban J connectivity index is 1.72. The zero-order valence-electron chi connectivity index (χ0n) is 17.1. The first-order valence-corrected chi connectivity index (χ1v) is 9.79. The van der Waals surface area contributed by atoms with Gasteiger partial charge in [0.25, 0.3) is 0 Å². The van der Waals surface area contributed by atoms with E-state index in [1.54, 1.807) is 12.3 Å². The van der Waals surface area contributed by atoms with Gasteiger partial charge in [0.15, 0.2) is 0 Å². The van der Waals surface area contributed by atoms with Crippen LogP contribution in [-0.4, -0.2) is 24.0 Å². The third-order valence-corrected chi connectivity index (χ3v) is 5.08. The Morgan fingerprint density at radius 1 is 1.20 bits per heavy atom. The number of ether oxygens (including phenoxy) is 1. The van der Waals surface area contributed by atoms with E-state index < -0.39 is 0 Å². The van der Waals surface area contributed by atoms with Crippen LogP contribution in [0.25, 0.3) is 5.57 Å². The molecule has 0 radical (unpaired) electrons. The van der Waals surface area contributed by atoms with Crippen molar-refractivity contribution in [1.82, 2.24) is 4.98 Å². The van der Waals surface area contributed by atoms with Crippen LogP contribution >= 0.6 is 0 Å². The van der Waals surface area contributed by atoms with Crippen molar-refractivity contribution in [2.75, 3.05) is 17.7 Å². The van der Waals surface area contributed by atoms with Gasteiger partial charge in [-0.25, -0.2) is 9.78 Å². The molecule has 0 saturated heterocycles. The molecule has 30 heavy (non-hydrogen) atoms. The molecule has 0 atom stereocenters. The number of carbonyl (C=O) groups excluding carboxylic acids is 2. The summed E-state index contributed by atoms with van der Waals surface area (Å²) in [5, 5.41) is 14.7. The van der Waals surface area contributed by atoms with Gasteiger partial charge in [0.2, 0.25) is 5.91 Å². The van der Waals surface area contributed by atoms with E-state index in [2.05, 4.69) is 15.6 Å². The zero-order valence-corrected chi connectivity index (χ0v) is 17.1. The van der Waals surface area contributed by atoms with Crippen LogP contribution in [0.15, 0.2) is 42.1 Å². The number of anilines is 2. The van der Waals surface area contributed by atoms with E-state index in [1.807, 2.05) is 37.3 Å². The second kappa shape index (κ2) is 9.70. The number of amides is 1. The number of nitriles is 1. The van der Waals surface area contributed by atoms with Gasteiger partial charge < -0.3 is 15.4 Å². The first-order chi connectivity index (χ1) is 14.5. The van der Waals surface area contributed by atoms with Crippen LogP contribution in [0.2, 0.25) is 0 Å². The molecule has 1 aromatic carbocycles. The Hall–Kier alpha value is -3.66. The molecule has 2 N–H and O–H groups in total. The van der Waals surface area contributed by atoms with Gasteiger partial charge in [0.1, 0.15) is 12.2 Å². The van der Waals surface area contributed by atoms with Gasteiger partial charge in [0, 0.05) is 18.3 Å². The molecule has 7 nitrogen and oxygen atoms in total. The van der Waals surface area contributed by atoms with E-state index in [1.165, 1.54) is 7.11 Å². The minimum atomic E-state index is -0.368. The number of rotatable bonds is 7. The molecule has 2 aromatic rings. The van der Waals surface area contributed by atoms with Crippen LogP contribution in [0.5, 0.6) is 0 Å². The number of pyridine rings is 1. The number of allylic oxidation sites excluding steroid dienone is 1. The molecular formula is C23H24N4O3. The number of benzene rings is 1. The minimum Gasteiger partial charge on any atom is -0.466 e. The van der Waals surface area contributed by atoms with Crippen molar-refractivity contribution in [3.8, 4) is 6.07 Å². The molecule has 0 saturated carbocycles. The fraction of sp³-hybridized carbons (Fsp3) is 0.304. The highest BCUT2D eigenvalue weighted by molar-refractivity contribution is 5.98. The Morgan fingerprint density at radius 2 is 1.97 bits per heavy atom. The van der Waals surface area contributed by atoms with E-state index in [0.29, 0.717) is 18.1 Å². The average molecular weight is 404 g/mol. The summed E-state index contributed by atoms with van der Waals surface area (Å²) in [4.78, 5) is 28.1. The molecule has 0 spiro atoms. The van der Waals surface area contributed by atoms with Gasteiger partial charge in [0.05, 0.1) is 18.9 Å². The molecule has 3 rings (SSSR count). The number of hydrogen-bond donors (Lipinski definition) is 2. The quantitative estimate of drug-likeness (QED) is 0.677. The predicted molar refractivity (Wildman–Crippen MR) is 114 cm³/mol. The Bertz CT molecular complexity index is 1020. The summed E-state index contributed by atoms with van der Waals surface area (Å²) in [6.45, 7) is 2.39. The summed E-state index contributed by atoms with van der Waals surface area (Å²) in [7, 11) is 1.41. The zero-order chi connectivity index (χ0) is 21.5. The molecule has 1 heterocycles. The topological polar surface area (TPSA) is 104 Å². The summed E-state index contributed by atoms with van der Waals surface area (Å²) in [5.74, 6) is -0.0613. The summed E-state index contributed by atoms with van der Waals surface area (Å²) in [6, 6.07) is 11.7. The lowest BCUT2D eigenvalue weighted by Crippen LogP contribution is -2.14. The molecule has 7 heteroatoms. The van der Waals surface area contributed by atoms with Gasteiger partial charge in [-0.3, -0.25) is 4.79 Å². The number of carbonyl (C=O) groups is 2. The lowest BCUT2D eigenvalue weighted by Gasteiger charge is -2.14. The lowest BCUT2D eigenvalue weighted by atomic mass is 10.0.